The molecule has 0 atom stereocenters. The van der Waals surface area contributed by atoms with Gasteiger partial charge in [-0.2, -0.15) is 0 Å². The molecule has 1 amide bonds. The number of carbonyl (C=O) groups is 1. The van der Waals surface area contributed by atoms with E-state index in [0.29, 0.717) is 12.3 Å². The number of hydrogen-bond acceptors (Lipinski definition) is 3. The number of rotatable bonds is 6. The second-order valence-electron chi connectivity index (χ2n) is 4.56. The molecule has 1 aromatic carbocycles. The first-order valence-electron chi connectivity index (χ1n) is 6.71. The van der Waals surface area contributed by atoms with Crippen molar-refractivity contribution in [1.29, 1.82) is 0 Å². The Kier molecular flexibility index (Phi) is 4.58. The molecule has 0 aliphatic carbocycles. The number of amides is 1. The van der Waals surface area contributed by atoms with Crippen LogP contribution in [-0.2, 0) is 0 Å². The SMILES string of the molecule is CCCNCCNC(=O)c1oc2ccccc2c1C. The van der Waals surface area contributed by atoms with Gasteiger partial charge in [0.15, 0.2) is 5.76 Å². The number of furan rings is 1. The minimum Gasteiger partial charge on any atom is -0.451 e. The highest BCUT2D eigenvalue weighted by molar-refractivity contribution is 5.98. The zero-order valence-corrected chi connectivity index (χ0v) is 11.5. The summed E-state index contributed by atoms with van der Waals surface area (Å²) in [4.78, 5) is 12.0. The van der Waals surface area contributed by atoms with Gasteiger partial charge in [0.25, 0.3) is 5.91 Å². The molecule has 4 heteroatoms. The van der Waals surface area contributed by atoms with Crippen molar-refractivity contribution in [1.82, 2.24) is 10.6 Å². The maximum atomic E-state index is 12.0. The summed E-state index contributed by atoms with van der Waals surface area (Å²) in [6.45, 7) is 6.38. The lowest BCUT2D eigenvalue weighted by molar-refractivity contribution is 0.0927. The minimum absolute atomic E-state index is 0.146. The summed E-state index contributed by atoms with van der Waals surface area (Å²) in [5, 5.41) is 7.10. The van der Waals surface area contributed by atoms with Crippen molar-refractivity contribution in [2.75, 3.05) is 19.6 Å². The van der Waals surface area contributed by atoms with Crippen molar-refractivity contribution >= 4 is 16.9 Å². The molecule has 1 heterocycles. The highest BCUT2D eigenvalue weighted by Gasteiger charge is 2.16. The molecule has 2 aromatic rings. The van der Waals surface area contributed by atoms with Gasteiger partial charge in [-0.3, -0.25) is 4.79 Å². The molecular formula is C15H20N2O2. The summed E-state index contributed by atoms with van der Waals surface area (Å²) in [6, 6.07) is 7.69. The molecule has 0 bridgehead atoms. The van der Waals surface area contributed by atoms with Gasteiger partial charge in [0.1, 0.15) is 5.58 Å². The van der Waals surface area contributed by atoms with E-state index in [0.717, 1.165) is 36.0 Å². The van der Waals surface area contributed by atoms with Crippen LogP contribution in [0.4, 0.5) is 0 Å². The highest BCUT2D eigenvalue weighted by atomic mass is 16.3. The summed E-state index contributed by atoms with van der Waals surface area (Å²) < 4.78 is 5.61. The molecule has 2 rings (SSSR count). The number of aryl methyl sites for hydroxylation is 1. The Morgan fingerprint density at radius 1 is 1.21 bits per heavy atom. The molecule has 2 N–H and O–H groups in total. The summed E-state index contributed by atoms with van der Waals surface area (Å²) >= 11 is 0. The monoisotopic (exact) mass is 260 g/mol. The normalized spacial score (nSPS) is 10.8. The number of nitrogens with one attached hydrogen (secondary N) is 2. The van der Waals surface area contributed by atoms with Crippen molar-refractivity contribution in [3.8, 4) is 0 Å². The first kappa shape index (κ1) is 13.6. The molecular weight excluding hydrogens is 240 g/mol. The zero-order valence-electron chi connectivity index (χ0n) is 11.5. The van der Waals surface area contributed by atoms with Gasteiger partial charge >= 0.3 is 0 Å². The lowest BCUT2D eigenvalue weighted by Gasteiger charge is -2.04. The minimum atomic E-state index is -0.146. The van der Waals surface area contributed by atoms with Crippen LogP contribution in [-0.4, -0.2) is 25.5 Å². The molecule has 102 valence electrons. The third kappa shape index (κ3) is 3.15. The predicted octanol–water partition coefficient (Wildman–Crippen LogP) is 2.47. The molecule has 19 heavy (non-hydrogen) atoms. The Morgan fingerprint density at radius 3 is 2.74 bits per heavy atom. The van der Waals surface area contributed by atoms with E-state index in [1.165, 1.54) is 0 Å². The average molecular weight is 260 g/mol. The largest absolute Gasteiger partial charge is 0.451 e. The maximum absolute atomic E-state index is 12.0. The Bertz CT molecular complexity index is 560. The fraction of sp³-hybridized carbons (Fsp3) is 0.400. The van der Waals surface area contributed by atoms with Gasteiger partial charge in [0, 0.05) is 24.0 Å². The molecule has 0 fully saturated rings. The van der Waals surface area contributed by atoms with Crippen LogP contribution in [0.5, 0.6) is 0 Å². The van der Waals surface area contributed by atoms with Gasteiger partial charge in [0.2, 0.25) is 0 Å². The van der Waals surface area contributed by atoms with Crippen LogP contribution in [0.3, 0.4) is 0 Å². The molecule has 0 unspecified atom stereocenters. The van der Waals surface area contributed by atoms with Crippen LogP contribution in [0.1, 0.15) is 29.5 Å². The number of para-hydroxylation sites is 1. The molecule has 0 aliphatic heterocycles. The van der Waals surface area contributed by atoms with Crippen molar-refractivity contribution in [2.24, 2.45) is 0 Å². The number of carbonyl (C=O) groups excluding carboxylic acids is 1. The van der Waals surface area contributed by atoms with Gasteiger partial charge in [-0.15, -0.1) is 0 Å². The molecule has 0 spiro atoms. The van der Waals surface area contributed by atoms with Gasteiger partial charge in [0.05, 0.1) is 0 Å². The first-order valence-corrected chi connectivity index (χ1v) is 6.71. The topological polar surface area (TPSA) is 54.3 Å². The van der Waals surface area contributed by atoms with Crippen molar-refractivity contribution in [2.45, 2.75) is 20.3 Å². The van der Waals surface area contributed by atoms with Crippen LogP contribution in [0, 0.1) is 6.92 Å². The number of benzene rings is 1. The van der Waals surface area contributed by atoms with E-state index in [4.69, 9.17) is 4.42 Å². The van der Waals surface area contributed by atoms with Crippen LogP contribution in [0.2, 0.25) is 0 Å². The molecule has 1 aromatic heterocycles. The summed E-state index contributed by atoms with van der Waals surface area (Å²) in [5.74, 6) is 0.267. The summed E-state index contributed by atoms with van der Waals surface area (Å²) in [5.41, 5.74) is 1.66. The second kappa shape index (κ2) is 6.38. The predicted molar refractivity (Wildman–Crippen MR) is 76.4 cm³/mol. The van der Waals surface area contributed by atoms with Crippen LogP contribution in [0.25, 0.3) is 11.0 Å². The summed E-state index contributed by atoms with van der Waals surface area (Å²) in [6.07, 6.45) is 1.09. The lowest BCUT2D eigenvalue weighted by Crippen LogP contribution is -2.32. The van der Waals surface area contributed by atoms with E-state index in [2.05, 4.69) is 17.6 Å². The molecule has 4 nitrogen and oxygen atoms in total. The van der Waals surface area contributed by atoms with Crippen molar-refractivity contribution in [3.05, 3.63) is 35.6 Å². The molecule has 0 aliphatic rings. The van der Waals surface area contributed by atoms with Gasteiger partial charge in [-0.25, -0.2) is 0 Å². The Balaban J connectivity index is 1.99. The van der Waals surface area contributed by atoms with E-state index in [9.17, 15) is 4.79 Å². The van der Waals surface area contributed by atoms with Crippen LogP contribution in [0.15, 0.2) is 28.7 Å². The van der Waals surface area contributed by atoms with E-state index >= 15 is 0 Å². The smallest absolute Gasteiger partial charge is 0.287 e. The molecule has 0 saturated carbocycles. The fourth-order valence-corrected chi connectivity index (χ4v) is 2.04. The third-order valence-corrected chi connectivity index (χ3v) is 3.06. The fourth-order valence-electron chi connectivity index (χ4n) is 2.04. The first-order chi connectivity index (χ1) is 9.24. The lowest BCUT2D eigenvalue weighted by atomic mass is 10.1. The van der Waals surface area contributed by atoms with Gasteiger partial charge < -0.3 is 15.1 Å². The average Bonchev–Trinajstić information content (AvgIpc) is 2.76. The maximum Gasteiger partial charge on any atom is 0.287 e. The van der Waals surface area contributed by atoms with E-state index in [1.54, 1.807) is 0 Å². The van der Waals surface area contributed by atoms with Crippen LogP contribution < -0.4 is 10.6 Å². The third-order valence-electron chi connectivity index (χ3n) is 3.06. The zero-order chi connectivity index (χ0) is 13.7. The van der Waals surface area contributed by atoms with Crippen LogP contribution >= 0.6 is 0 Å². The second-order valence-corrected chi connectivity index (χ2v) is 4.56. The number of hydrogen-bond donors (Lipinski definition) is 2. The van der Waals surface area contributed by atoms with E-state index < -0.39 is 0 Å². The number of fused-ring (bicyclic) bond motifs is 1. The summed E-state index contributed by atoms with van der Waals surface area (Å²) in [7, 11) is 0. The standard InChI is InChI=1S/C15H20N2O2/c1-3-8-16-9-10-17-15(18)14-11(2)12-6-4-5-7-13(12)19-14/h4-7,16H,3,8-10H2,1-2H3,(H,17,18). The van der Waals surface area contributed by atoms with E-state index in [1.807, 2.05) is 31.2 Å². The van der Waals surface area contributed by atoms with Crippen molar-refractivity contribution in [3.63, 3.8) is 0 Å². The Labute approximate surface area is 113 Å². The quantitative estimate of drug-likeness (QED) is 0.784. The van der Waals surface area contributed by atoms with Gasteiger partial charge in [-0.1, -0.05) is 25.1 Å². The molecule has 0 radical (unpaired) electrons. The Morgan fingerprint density at radius 2 is 2.00 bits per heavy atom. The van der Waals surface area contributed by atoms with E-state index in [-0.39, 0.29) is 5.91 Å². The van der Waals surface area contributed by atoms with Gasteiger partial charge in [-0.05, 0) is 26.0 Å². The van der Waals surface area contributed by atoms with Crippen molar-refractivity contribution < 1.29 is 9.21 Å². The Hall–Kier alpha value is -1.81. The highest BCUT2D eigenvalue weighted by Crippen LogP contribution is 2.24. The molecule has 0 saturated heterocycles.